The van der Waals surface area contributed by atoms with Crippen LogP contribution in [0.4, 0.5) is 5.00 Å². The van der Waals surface area contributed by atoms with E-state index in [1.54, 1.807) is 0 Å². The smallest absolute Gasteiger partial charge is 0.262 e. The summed E-state index contributed by atoms with van der Waals surface area (Å²) in [6, 6.07) is 8.27. The molecule has 0 aliphatic heterocycles. The van der Waals surface area contributed by atoms with Gasteiger partial charge in [-0.15, -0.1) is 0 Å². The molecule has 5 nitrogen and oxygen atoms in total. The maximum absolute atomic E-state index is 5.88. The number of aryl methyl sites for hydroxylation is 2. The van der Waals surface area contributed by atoms with Gasteiger partial charge >= 0.3 is 0 Å². The molecule has 2 aromatic heterocycles. The highest BCUT2D eigenvalue weighted by molar-refractivity contribution is 7.10. The van der Waals surface area contributed by atoms with E-state index in [0.717, 1.165) is 16.8 Å². The van der Waals surface area contributed by atoms with E-state index in [9.17, 15) is 0 Å². The lowest BCUT2D eigenvalue weighted by Crippen LogP contribution is -1.91. The highest BCUT2D eigenvalue weighted by Crippen LogP contribution is 2.31. The third kappa shape index (κ3) is 2.42. The van der Waals surface area contributed by atoms with Crippen LogP contribution in [0.15, 0.2) is 28.8 Å². The van der Waals surface area contributed by atoms with Gasteiger partial charge in [-0.3, -0.25) is 0 Å². The molecule has 0 fully saturated rings. The fourth-order valence-electron chi connectivity index (χ4n) is 1.96. The summed E-state index contributed by atoms with van der Waals surface area (Å²) in [5.74, 6) is 1.09. The van der Waals surface area contributed by atoms with Crippen molar-refractivity contribution in [1.82, 2.24) is 14.5 Å². The van der Waals surface area contributed by atoms with Crippen LogP contribution >= 0.6 is 11.5 Å². The first-order valence-electron chi connectivity index (χ1n) is 6.23. The van der Waals surface area contributed by atoms with Crippen LogP contribution in [-0.2, 0) is 6.42 Å². The van der Waals surface area contributed by atoms with Crippen LogP contribution in [0.3, 0.4) is 0 Å². The lowest BCUT2D eigenvalue weighted by molar-refractivity contribution is 0.424. The van der Waals surface area contributed by atoms with Crippen molar-refractivity contribution in [3.8, 4) is 11.5 Å². The Morgan fingerprint density at radius 3 is 2.60 bits per heavy atom. The van der Waals surface area contributed by atoms with Crippen molar-refractivity contribution in [3.63, 3.8) is 0 Å². The molecule has 2 N–H and O–H groups in total. The lowest BCUT2D eigenvalue weighted by Gasteiger charge is -1.97. The van der Waals surface area contributed by atoms with Crippen molar-refractivity contribution in [2.75, 3.05) is 5.73 Å². The molecule has 0 saturated carbocycles. The Morgan fingerprint density at radius 2 is 1.95 bits per heavy atom. The molecule has 0 aliphatic carbocycles. The Hall–Kier alpha value is -2.21. The third-order valence-corrected chi connectivity index (χ3v) is 3.82. The van der Waals surface area contributed by atoms with Gasteiger partial charge in [-0.25, -0.2) is 0 Å². The fourth-order valence-corrected chi connectivity index (χ4v) is 2.62. The van der Waals surface area contributed by atoms with Gasteiger partial charge in [-0.05, 0) is 30.9 Å². The molecule has 0 saturated heterocycles. The van der Waals surface area contributed by atoms with Crippen LogP contribution in [0.25, 0.3) is 11.5 Å². The average Bonchev–Trinajstić information content (AvgIpc) is 3.00. The summed E-state index contributed by atoms with van der Waals surface area (Å²) in [6.45, 7) is 3.94. The summed E-state index contributed by atoms with van der Waals surface area (Å²) in [7, 11) is 0. The zero-order valence-electron chi connectivity index (χ0n) is 11.3. The van der Waals surface area contributed by atoms with E-state index < -0.39 is 0 Å². The molecule has 0 amide bonds. The zero-order valence-corrected chi connectivity index (χ0v) is 12.1. The lowest BCUT2D eigenvalue weighted by atomic mass is 10.1. The molecule has 0 radical (unpaired) electrons. The van der Waals surface area contributed by atoms with Gasteiger partial charge in [0.25, 0.3) is 5.89 Å². The van der Waals surface area contributed by atoms with Crippen molar-refractivity contribution >= 4 is 16.5 Å². The topological polar surface area (TPSA) is 77.8 Å². The number of nitrogen functional groups attached to an aromatic ring is 1. The van der Waals surface area contributed by atoms with E-state index in [4.69, 9.17) is 10.3 Å². The normalized spacial score (nSPS) is 10.9. The molecule has 3 aromatic rings. The zero-order chi connectivity index (χ0) is 14.1. The van der Waals surface area contributed by atoms with Gasteiger partial charge in [0.15, 0.2) is 5.82 Å². The molecule has 102 valence electrons. The van der Waals surface area contributed by atoms with Crippen molar-refractivity contribution in [3.05, 3.63) is 46.9 Å². The minimum absolute atomic E-state index is 0.441. The predicted molar refractivity (Wildman–Crippen MR) is 78.5 cm³/mol. The largest absolute Gasteiger partial charge is 0.389 e. The van der Waals surface area contributed by atoms with E-state index in [1.165, 1.54) is 17.1 Å². The quantitative estimate of drug-likeness (QED) is 0.800. The maximum atomic E-state index is 5.88. The van der Waals surface area contributed by atoms with E-state index >= 15 is 0 Å². The second-order valence-corrected chi connectivity index (χ2v) is 5.49. The second kappa shape index (κ2) is 5.05. The summed E-state index contributed by atoms with van der Waals surface area (Å²) in [5, 5.41) is 4.61. The van der Waals surface area contributed by atoms with Gasteiger partial charge in [0, 0.05) is 6.42 Å². The number of aromatic nitrogens is 3. The molecule has 2 heterocycles. The maximum Gasteiger partial charge on any atom is 0.262 e. The minimum atomic E-state index is 0.441. The van der Waals surface area contributed by atoms with Gasteiger partial charge in [0.2, 0.25) is 0 Å². The SMILES string of the molecule is Cc1ccc(Cc2noc(-c3c(C)nsc3N)n2)cc1. The van der Waals surface area contributed by atoms with Crippen LogP contribution in [0.2, 0.25) is 0 Å². The minimum Gasteiger partial charge on any atom is -0.389 e. The summed E-state index contributed by atoms with van der Waals surface area (Å²) in [5.41, 5.74) is 9.83. The summed E-state index contributed by atoms with van der Waals surface area (Å²) < 4.78 is 9.48. The first-order valence-corrected chi connectivity index (χ1v) is 7.01. The number of nitrogens with zero attached hydrogens (tertiary/aromatic N) is 3. The van der Waals surface area contributed by atoms with Crippen LogP contribution in [0.5, 0.6) is 0 Å². The van der Waals surface area contributed by atoms with Crippen molar-refractivity contribution in [1.29, 1.82) is 0 Å². The number of hydrogen-bond donors (Lipinski definition) is 1. The highest BCUT2D eigenvalue weighted by Gasteiger charge is 2.17. The first kappa shape index (κ1) is 12.8. The van der Waals surface area contributed by atoms with E-state index in [-0.39, 0.29) is 0 Å². The molecule has 1 aromatic carbocycles. The van der Waals surface area contributed by atoms with Crippen molar-refractivity contribution < 1.29 is 4.52 Å². The second-order valence-electron chi connectivity index (χ2n) is 4.69. The van der Waals surface area contributed by atoms with Crippen LogP contribution in [-0.4, -0.2) is 14.5 Å². The number of anilines is 1. The number of rotatable bonds is 3. The molecular weight excluding hydrogens is 272 g/mol. The van der Waals surface area contributed by atoms with Crippen molar-refractivity contribution in [2.45, 2.75) is 20.3 Å². The molecule has 0 atom stereocenters. The Labute approximate surface area is 120 Å². The van der Waals surface area contributed by atoms with Crippen molar-refractivity contribution in [2.24, 2.45) is 0 Å². The summed E-state index contributed by atoms with van der Waals surface area (Å²) in [6.07, 6.45) is 0.639. The Kier molecular flexibility index (Phi) is 3.23. The monoisotopic (exact) mass is 286 g/mol. The Balaban J connectivity index is 1.85. The van der Waals surface area contributed by atoms with E-state index in [0.29, 0.717) is 23.1 Å². The van der Waals surface area contributed by atoms with Crippen LogP contribution in [0, 0.1) is 13.8 Å². The molecule has 0 unspecified atom stereocenters. The van der Waals surface area contributed by atoms with Crippen LogP contribution < -0.4 is 5.73 Å². The van der Waals surface area contributed by atoms with E-state index in [1.807, 2.05) is 6.92 Å². The van der Waals surface area contributed by atoms with Gasteiger partial charge in [-0.1, -0.05) is 35.0 Å². The van der Waals surface area contributed by atoms with Gasteiger partial charge in [0.1, 0.15) is 5.00 Å². The number of benzene rings is 1. The van der Waals surface area contributed by atoms with Gasteiger partial charge in [0.05, 0.1) is 11.3 Å². The molecule has 0 aliphatic rings. The van der Waals surface area contributed by atoms with Gasteiger partial charge < -0.3 is 10.3 Å². The average molecular weight is 286 g/mol. The first-order chi connectivity index (χ1) is 9.63. The molecule has 0 bridgehead atoms. The molecule has 6 heteroatoms. The number of hydrogen-bond acceptors (Lipinski definition) is 6. The number of nitrogens with two attached hydrogens (primary N) is 1. The fraction of sp³-hybridized carbons (Fsp3) is 0.214. The molecule has 3 rings (SSSR count). The summed E-state index contributed by atoms with van der Waals surface area (Å²) >= 11 is 1.24. The summed E-state index contributed by atoms with van der Waals surface area (Å²) in [4.78, 5) is 4.40. The predicted octanol–water partition coefficient (Wildman–Crippen LogP) is 2.98. The van der Waals surface area contributed by atoms with E-state index in [2.05, 4.69) is 45.7 Å². The molecule has 0 spiro atoms. The van der Waals surface area contributed by atoms with Gasteiger partial charge in [-0.2, -0.15) is 9.36 Å². The highest BCUT2D eigenvalue weighted by atomic mass is 32.1. The standard InChI is InChI=1S/C14H14N4OS/c1-8-3-5-10(6-4-8)7-11-16-14(19-17-11)12-9(2)18-20-13(12)15/h3-6H,7,15H2,1-2H3. The third-order valence-electron chi connectivity index (χ3n) is 3.05. The Morgan fingerprint density at radius 1 is 1.20 bits per heavy atom. The van der Waals surface area contributed by atoms with Crippen LogP contribution in [0.1, 0.15) is 22.6 Å². The molecule has 20 heavy (non-hydrogen) atoms. The Bertz CT molecular complexity index is 710. The molecular formula is C14H14N4OS.